The van der Waals surface area contributed by atoms with E-state index in [9.17, 15) is 9.59 Å². The zero-order valence-corrected chi connectivity index (χ0v) is 13.6. The van der Waals surface area contributed by atoms with Gasteiger partial charge in [-0.3, -0.25) is 4.79 Å². The Labute approximate surface area is 136 Å². The van der Waals surface area contributed by atoms with Gasteiger partial charge in [0, 0.05) is 31.9 Å². The van der Waals surface area contributed by atoms with E-state index in [0.29, 0.717) is 19.7 Å². The Morgan fingerprint density at radius 1 is 1.13 bits per heavy atom. The number of piperazine rings is 1. The number of amides is 2. The number of alkyl carbamates (subject to hydrolysis) is 1. The van der Waals surface area contributed by atoms with Crippen LogP contribution in [0.1, 0.15) is 6.92 Å². The van der Waals surface area contributed by atoms with Gasteiger partial charge in [-0.2, -0.15) is 0 Å². The summed E-state index contributed by atoms with van der Waals surface area (Å²) in [7, 11) is 1.64. The summed E-state index contributed by atoms with van der Waals surface area (Å²) in [5, 5.41) is 2.46. The standard InChI is InChI=1S/C16H23N3O4/c1-3-23-16(21)17-12-15(20)19-10-8-18(9-11-19)13-4-6-14(22-2)7-5-13/h4-7H,3,8-12H2,1-2H3,(H,17,21). The van der Waals surface area contributed by atoms with Crippen LogP contribution in [0.2, 0.25) is 0 Å². The van der Waals surface area contributed by atoms with Gasteiger partial charge in [-0.15, -0.1) is 0 Å². The van der Waals surface area contributed by atoms with E-state index in [-0.39, 0.29) is 12.5 Å². The zero-order chi connectivity index (χ0) is 16.7. The number of ether oxygens (including phenoxy) is 2. The maximum atomic E-state index is 12.1. The fraction of sp³-hybridized carbons (Fsp3) is 0.500. The molecule has 7 nitrogen and oxygen atoms in total. The fourth-order valence-corrected chi connectivity index (χ4v) is 2.45. The number of nitrogens with zero attached hydrogens (tertiary/aromatic N) is 2. The van der Waals surface area contributed by atoms with Gasteiger partial charge in [0.05, 0.1) is 13.7 Å². The van der Waals surface area contributed by atoms with Crippen molar-refractivity contribution in [3.8, 4) is 5.75 Å². The van der Waals surface area contributed by atoms with Gasteiger partial charge in [0.2, 0.25) is 5.91 Å². The molecule has 23 heavy (non-hydrogen) atoms. The van der Waals surface area contributed by atoms with Gasteiger partial charge < -0.3 is 24.6 Å². The van der Waals surface area contributed by atoms with E-state index in [1.807, 2.05) is 24.3 Å². The van der Waals surface area contributed by atoms with Crippen molar-refractivity contribution < 1.29 is 19.1 Å². The smallest absolute Gasteiger partial charge is 0.407 e. The average molecular weight is 321 g/mol. The van der Waals surface area contributed by atoms with Crippen molar-refractivity contribution in [2.24, 2.45) is 0 Å². The molecule has 0 spiro atoms. The maximum Gasteiger partial charge on any atom is 0.407 e. The number of nitrogens with one attached hydrogen (secondary N) is 1. The largest absolute Gasteiger partial charge is 0.497 e. The summed E-state index contributed by atoms with van der Waals surface area (Å²) in [6.07, 6.45) is -0.558. The van der Waals surface area contributed by atoms with Crippen molar-refractivity contribution in [3.05, 3.63) is 24.3 Å². The molecule has 0 atom stereocenters. The molecule has 7 heteroatoms. The maximum absolute atomic E-state index is 12.1. The van der Waals surface area contributed by atoms with Crippen LogP contribution < -0.4 is 15.0 Å². The van der Waals surface area contributed by atoms with Crippen LogP contribution in [0.4, 0.5) is 10.5 Å². The lowest BCUT2D eigenvalue weighted by Gasteiger charge is -2.36. The van der Waals surface area contributed by atoms with E-state index in [0.717, 1.165) is 24.5 Å². The highest BCUT2D eigenvalue weighted by Crippen LogP contribution is 2.20. The lowest BCUT2D eigenvalue weighted by molar-refractivity contribution is -0.130. The van der Waals surface area contributed by atoms with Gasteiger partial charge in [-0.25, -0.2) is 4.79 Å². The van der Waals surface area contributed by atoms with Gasteiger partial charge in [-0.05, 0) is 31.2 Å². The molecule has 0 aliphatic carbocycles. The second-order valence-corrected chi connectivity index (χ2v) is 5.14. The van der Waals surface area contributed by atoms with Crippen molar-refractivity contribution >= 4 is 17.7 Å². The monoisotopic (exact) mass is 321 g/mol. The Morgan fingerprint density at radius 2 is 1.78 bits per heavy atom. The number of hydrogen-bond acceptors (Lipinski definition) is 5. The van der Waals surface area contributed by atoms with Crippen LogP contribution in [-0.4, -0.2) is 63.3 Å². The van der Waals surface area contributed by atoms with Gasteiger partial charge in [-0.1, -0.05) is 0 Å². The quantitative estimate of drug-likeness (QED) is 0.879. The molecule has 0 bridgehead atoms. The molecule has 0 saturated carbocycles. The number of benzene rings is 1. The van der Waals surface area contributed by atoms with Crippen LogP contribution in [0.3, 0.4) is 0 Å². The Bertz CT molecular complexity index is 525. The molecule has 1 aromatic rings. The molecule has 1 saturated heterocycles. The molecule has 0 radical (unpaired) electrons. The Balaban J connectivity index is 1.78. The van der Waals surface area contributed by atoms with E-state index >= 15 is 0 Å². The molecule has 1 aliphatic rings. The Hall–Kier alpha value is -2.44. The van der Waals surface area contributed by atoms with Crippen LogP contribution in [0.15, 0.2) is 24.3 Å². The van der Waals surface area contributed by atoms with Gasteiger partial charge in [0.25, 0.3) is 0 Å². The molecule has 2 amide bonds. The highest BCUT2D eigenvalue weighted by atomic mass is 16.5. The van der Waals surface area contributed by atoms with E-state index in [4.69, 9.17) is 9.47 Å². The van der Waals surface area contributed by atoms with E-state index in [1.54, 1.807) is 18.9 Å². The summed E-state index contributed by atoms with van der Waals surface area (Å²) in [5.41, 5.74) is 1.11. The second kappa shape index (κ2) is 8.26. The normalized spacial score (nSPS) is 14.3. The second-order valence-electron chi connectivity index (χ2n) is 5.14. The lowest BCUT2D eigenvalue weighted by Crippen LogP contribution is -2.51. The van der Waals surface area contributed by atoms with E-state index in [2.05, 4.69) is 10.2 Å². The molecule has 1 aliphatic heterocycles. The van der Waals surface area contributed by atoms with Crippen molar-refractivity contribution in [2.75, 3.05) is 51.3 Å². The first-order valence-corrected chi connectivity index (χ1v) is 7.71. The molecule has 0 unspecified atom stereocenters. The minimum atomic E-state index is -0.558. The summed E-state index contributed by atoms with van der Waals surface area (Å²) in [6.45, 7) is 4.78. The highest BCUT2D eigenvalue weighted by molar-refractivity contribution is 5.82. The molecule has 1 aromatic carbocycles. The summed E-state index contributed by atoms with van der Waals surface area (Å²) < 4.78 is 9.89. The first-order valence-electron chi connectivity index (χ1n) is 7.71. The van der Waals surface area contributed by atoms with E-state index < -0.39 is 6.09 Å². The summed E-state index contributed by atoms with van der Waals surface area (Å²) in [5.74, 6) is 0.736. The van der Waals surface area contributed by atoms with Crippen LogP contribution >= 0.6 is 0 Å². The number of hydrogen-bond donors (Lipinski definition) is 1. The molecule has 1 N–H and O–H groups in total. The average Bonchev–Trinajstić information content (AvgIpc) is 2.60. The third kappa shape index (κ3) is 4.77. The topological polar surface area (TPSA) is 71.1 Å². The van der Waals surface area contributed by atoms with Gasteiger partial charge in [0.1, 0.15) is 12.3 Å². The molecule has 1 heterocycles. The van der Waals surface area contributed by atoms with Crippen LogP contribution in [-0.2, 0) is 9.53 Å². The van der Waals surface area contributed by atoms with Crippen molar-refractivity contribution in [1.82, 2.24) is 10.2 Å². The fourth-order valence-electron chi connectivity index (χ4n) is 2.45. The molecular formula is C16H23N3O4. The van der Waals surface area contributed by atoms with Crippen LogP contribution in [0.25, 0.3) is 0 Å². The summed E-state index contributed by atoms with van der Waals surface area (Å²) in [4.78, 5) is 27.2. The summed E-state index contributed by atoms with van der Waals surface area (Å²) >= 11 is 0. The predicted octanol–water partition coefficient (Wildman–Crippen LogP) is 1.09. The zero-order valence-electron chi connectivity index (χ0n) is 13.6. The molecule has 0 aromatic heterocycles. The first kappa shape index (κ1) is 16.9. The summed E-state index contributed by atoms with van der Waals surface area (Å²) in [6, 6.07) is 7.88. The molecular weight excluding hydrogens is 298 g/mol. The minimum absolute atomic E-state index is 0.0264. The van der Waals surface area contributed by atoms with Crippen LogP contribution in [0, 0.1) is 0 Å². The third-order valence-electron chi connectivity index (χ3n) is 3.73. The van der Waals surface area contributed by atoms with Crippen molar-refractivity contribution in [1.29, 1.82) is 0 Å². The molecule has 126 valence electrons. The minimum Gasteiger partial charge on any atom is -0.497 e. The van der Waals surface area contributed by atoms with Crippen molar-refractivity contribution in [3.63, 3.8) is 0 Å². The molecule has 2 rings (SSSR count). The number of carbonyl (C=O) groups excluding carboxylic acids is 2. The SMILES string of the molecule is CCOC(=O)NCC(=O)N1CCN(c2ccc(OC)cc2)CC1. The number of carbonyl (C=O) groups is 2. The number of rotatable bonds is 5. The van der Waals surface area contributed by atoms with Gasteiger partial charge >= 0.3 is 6.09 Å². The number of methoxy groups -OCH3 is 1. The Kier molecular flexibility index (Phi) is 6.08. The van der Waals surface area contributed by atoms with Crippen LogP contribution in [0.5, 0.6) is 5.75 Å². The number of anilines is 1. The highest BCUT2D eigenvalue weighted by Gasteiger charge is 2.21. The Morgan fingerprint density at radius 3 is 2.35 bits per heavy atom. The predicted molar refractivity (Wildman–Crippen MR) is 86.8 cm³/mol. The third-order valence-corrected chi connectivity index (χ3v) is 3.73. The van der Waals surface area contributed by atoms with Gasteiger partial charge in [0.15, 0.2) is 0 Å². The van der Waals surface area contributed by atoms with Crippen molar-refractivity contribution in [2.45, 2.75) is 6.92 Å². The first-order chi connectivity index (χ1) is 11.1. The molecule has 1 fully saturated rings. The van der Waals surface area contributed by atoms with E-state index in [1.165, 1.54) is 0 Å². The lowest BCUT2D eigenvalue weighted by atomic mass is 10.2.